The lowest BCUT2D eigenvalue weighted by molar-refractivity contribution is -0.305. The minimum absolute atomic E-state index is 0.00764. The summed E-state index contributed by atoms with van der Waals surface area (Å²) in [5.41, 5.74) is 0.874. The number of rotatable bonds is 9. The Morgan fingerprint density at radius 3 is 2.70 bits per heavy atom. The summed E-state index contributed by atoms with van der Waals surface area (Å²) in [6, 6.07) is 3.67. The minimum Gasteiger partial charge on any atom is -0.550 e. The fraction of sp³-hybridized carbons (Fsp3) is 0.533. The van der Waals surface area contributed by atoms with E-state index in [0.29, 0.717) is 24.5 Å². The van der Waals surface area contributed by atoms with Gasteiger partial charge in [0.05, 0.1) is 18.2 Å². The molecule has 1 aromatic rings. The highest BCUT2D eigenvalue weighted by molar-refractivity contribution is 9.10. The van der Waals surface area contributed by atoms with Crippen molar-refractivity contribution in [1.82, 2.24) is 0 Å². The number of carbonyl (C=O) groups excluding carboxylic acids is 1. The molecular formula is C15H20BrO4-. The van der Waals surface area contributed by atoms with Gasteiger partial charge in [-0.2, -0.15) is 0 Å². The zero-order chi connectivity index (χ0) is 15.0. The van der Waals surface area contributed by atoms with Gasteiger partial charge in [0, 0.05) is 5.97 Å². The number of methoxy groups -OCH3 is 1. The first-order valence-electron chi connectivity index (χ1n) is 6.77. The van der Waals surface area contributed by atoms with Crippen molar-refractivity contribution in [2.75, 3.05) is 13.7 Å². The Labute approximate surface area is 128 Å². The number of hydrogen-bond donors (Lipinski definition) is 0. The van der Waals surface area contributed by atoms with Gasteiger partial charge < -0.3 is 19.4 Å². The Morgan fingerprint density at radius 1 is 1.35 bits per heavy atom. The summed E-state index contributed by atoms with van der Waals surface area (Å²) in [4.78, 5) is 10.5. The molecule has 0 aliphatic heterocycles. The molecule has 0 aliphatic rings. The highest BCUT2D eigenvalue weighted by atomic mass is 79.9. The summed E-state index contributed by atoms with van der Waals surface area (Å²) in [7, 11) is 1.57. The van der Waals surface area contributed by atoms with E-state index in [-0.39, 0.29) is 6.42 Å². The molecule has 0 radical (unpaired) electrons. The van der Waals surface area contributed by atoms with Crippen LogP contribution >= 0.6 is 15.9 Å². The number of carbonyl (C=O) groups is 1. The number of ether oxygens (including phenoxy) is 2. The van der Waals surface area contributed by atoms with E-state index in [9.17, 15) is 9.90 Å². The van der Waals surface area contributed by atoms with Gasteiger partial charge in [0.1, 0.15) is 0 Å². The van der Waals surface area contributed by atoms with E-state index in [2.05, 4.69) is 22.9 Å². The van der Waals surface area contributed by atoms with Gasteiger partial charge in [-0.05, 0) is 52.9 Å². The van der Waals surface area contributed by atoms with Crippen molar-refractivity contribution in [3.63, 3.8) is 0 Å². The number of hydrogen-bond acceptors (Lipinski definition) is 4. The molecule has 0 saturated heterocycles. The van der Waals surface area contributed by atoms with E-state index in [1.54, 1.807) is 7.11 Å². The van der Waals surface area contributed by atoms with E-state index in [0.717, 1.165) is 29.3 Å². The van der Waals surface area contributed by atoms with Crippen LogP contribution in [0, 0.1) is 0 Å². The predicted octanol–water partition coefficient (Wildman–Crippen LogP) is 2.71. The monoisotopic (exact) mass is 343 g/mol. The average molecular weight is 344 g/mol. The molecule has 0 bridgehead atoms. The normalized spacial score (nSPS) is 10.3. The highest BCUT2D eigenvalue weighted by Crippen LogP contribution is 2.37. The first kappa shape index (κ1) is 16.8. The van der Waals surface area contributed by atoms with Gasteiger partial charge in [0.25, 0.3) is 0 Å². The zero-order valence-electron chi connectivity index (χ0n) is 11.9. The molecule has 0 aliphatic carbocycles. The Morgan fingerprint density at radius 2 is 2.10 bits per heavy atom. The molecule has 0 N–H and O–H groups in total. The van der Waals surface area contributed by atoms with Crippen LogP contribution in [0.25, 0.3) is 0 Å². The second-order valence-corrected chi connectivity index (χ2v) is 5.39. The molecule has 0 fully saturated rings. The predicted molar refractivity (Wildman–Crippen MR) is 79.0 cm³/mol. The molecule has 20 heavy (non-hydrogen) atoms. The third-order valence-corrected chi connectivity index (χ3v) is 3.49. The van der Waals surface area contributed by atoms with Crippen LogP contribution in [-0.4, -0.2) is 19.7 Å². The van der Waals surface area contributed by atoms with Crippen LogP contribution in [0.15, 0.2) is 16.6 Å². The molecule has 1 aromatic carbocycles. The molecule has 1 rings (SSSR count). The van der Waals surface area contributed by atoms with Crippen molar-refractivity contribution < 1.29 is 19.4 Å². The molecule has 0 heterocycles. The van der Waals surface area contributed by atoms with Crippen molar-refractivity contribution in [2.24, 2.45) is 0 Å². The van der Waals surface area contributed by atoms with E-state index < -0.39 is 5.97 Å². The summed E-state index contributed by atoms with van der Waals surface area (Å²) in [6.07, 6.45) is 3.67. The van der Waals surface area contributed by atoms with Crippen LogP contribution in [0.2, 0.25) is 0 Å². The Hall–Kier alpha value is -1.23. The quantitative estimate of drug-likeness (QED) is 0.647. The number of halogens is 1. The van der Waals surface area contributed by atoms with E-state index >= 15 is 0 Å². The molecule has 0 aromatic heterocycles. The Bertz CT molecular complexity index is 446. The number of unbranched alkanes of at least 4 members (excludes halogenated alkanes) is 2. The van der Waals surface area contributed by atoms with E-state index in [1.165, 1.54) is 0 Å². The van der Waals surface area contributed by atoms with E-state index in [1.807, 2.05) is 12.1 Å². The molecule has 0 spiro atoms. The van der Waals surface area contributed by atoms with Crippen LogP contribution in [0.3, 0.4) is 0 Å². The number of aliphatic carboxylic acids is 1. The third kappa shape index (κ3) is 5.41. The maximum Gasteiger partial charge on any atom is 0.175 e. The van der Waals surface area contributed by atoms with Crippen molar-refractivity contribution >= 4 is 21.9 Å². The average Bonchev–Trinajstić information content (AvgIpc) is 2.42. The van der Waals surface area contributed by atoms with Crippen molar-refractivity contribution in [3.05, 3.63) is 22.2 Å². The summed E-state index contributed by atoms with van der Waals surface area (Å²) < 4.78 is 11.8. The van der Waals surface area contributed by atoms with Crippen LogP contribution in [0.1, 0.15) is 38.2 Å². The lowest BCUT2D eigenvalue weighted by Gasteiger charge is -2.14. The second-order valence-electron chi connectivity index (χ2n) is 4.54. The Kier molecular flexibility index (Phi) is 7.44. The van der Waals surface area contributed by atoms with Gasteiger partial charge in [0.2, 0.25) is 0 Å². The molecule has 112 valence electrons. The van der Waals surface area contributed by atoms with Gasteiger partial charge in [-0.15, -0.1) is 0 Å². The summed E-state index contributed by atoms with van der Waals surface area (Å²) in [5, 5.41) is 10.5. The van der Waals surface area contributed by atoms with Crippen LogP contribution in [0.4, 0.5) is 0 Å². The lowest BCUT2D eigenvalue weighted by Crippen LogP contribution is -2.22. The van der Waals surface area contributed by atoms with Gasteiger partial charge in [-0.25, -0.2) is 0 Å². The van der Waals surface area contributed by atoms with Gasteiger partial charge in [-0.1, -0.05) is 19.8 Å². The fourth-order valence-electron chi connectivity index (χ4n) is 1.83. The van der Waals surface area contributed by atoms with Crippen LogP contribution in [0.5, 0.6) is 11.5 Å². The van der Waals surface area contributed by atoms with Gasteiger partial charge in [-0.3, -0.25) is 0 Å². The maximum atomic E-state index is 10.5. The first-order valence-corrected chi connectivity index (χ1v) is 7.56. The number of carboxylic acid groups (broad SMARTS) is 1. The topological polar surface area (TPSA) is 58.6 Å². The number of benzene rings is 1. The van der Waals surface area contributed by atoms with E-state index in [4.69, 9.17) is 9.47 Å². The Balaban J connectivity index is 2.76. The molecule has 0 unspecified atom stereocenters. The number of carboxylic acids is 1. The van der Waals surface area contributed by atoms with Crippen LogP contribution in [-0.2, 0) is 11.2 Å². The van der Waals surface area contributed by atoms with Crippen LogP contribution < -0.4 is 14.6 Å². The maximum absolute atomic E-state index is 10.5. The van der Waals surface area contributed by atoms with Crippen molar-refractivity contribution in [2.45, 2.75) is 39.0 Å². The summed E-state index contributed by atoms with van der Waals surface area (Å²) in [6.45, 7) is 2.78. The molecular weight excluding hydrogens is 324 g/mol. The standard InChI is InChI=1S/C15H21BrO4/c1-3-4-5-8-20-15-12(16)9-11(6-7-14(17)18)10-13(15)19-2/h9-10H,3-8H2,1-2H3,(H,17,18)/p-1. The largest absolute Gasteiger partial charge is 0.550 e. The van der Waals surface area contributed by atoms with Crippen molar-refractivity contribution in [1.29, 1.82) is 0 Å². The first-order chi connectivity index (χ1) is 9.58. The molecule has 5 heteroatoms. The summed E-state index contributed by atoms with van der Waals surface area (Å²) >= 11 is 3.45. The molecule has 4 nitrogen and oxygen atoms in total. The summed E-state index contributed by atoms with van der Waals surface area (Å²) in [5.74, 6) is 0.227. The molecule has 0 amide bonds. The number of aryl methyl sites for hydroxylation is 1. The van der Waals surface area contributed by atoms with Crippen molar-refractivity contribution in [3.8, 4) is 11.5 Å². The second kappa shape index (κ2) is 8.84. The molecule has 0 atom stereocenters. The van der Waals surface area contributed by atoms with Gasteiger partial charge >= 0.3 is 0 Å². The minimum atomic E-state index is -1.06. The van der Waals surface area contributed by atoms with Gasteiger partial charge in [0.15, 0.2) is 11.5 Å². The zero-order valence-corrected chi connectivity index (χ0v) is 13.5. The fourth-order valence-corrected chi connectivity index (χ4v) is 2.43. The highest BCUT2D eigenvalue weighted by Gasteiger charge is 2.11. The smallest absolute Gasteiger partial charge is 0.175 e. The lowest BCUT2D eigenvalue weighted by atomic mass is 10.1. The SMILES string of the molecule is CCCCCOc1c(Br)cc(CCC(=O)[O-])cc1OC. The molecule has 0 saturated carbocycles. The third-order valence-electron chi connectivity index (χ3n) is 2.90.